The topological polar surface area (TPSA) is 42.0 Å². The molecule has 0 spiro atoms. The van der Waals surface area contributed by atoms with Gasteiger partial charge in [0.2, 0.25) is 0 Å². The third kappa shape index (κ3) is 3.41. The summed E-state index contributed by atoms with van der Waals surface area (Å²) in [5.41, 5.74) is 1.68. The molecule has 23 heavy (non-hydrogen) atoms. The second-order valence-corrected chi connectivity index (χ2v) is 6.50. The first kappa shape index (κ1) is 15.6. The maximum Gasteiger partial charge on any atom is 0.260 e. The molecule has 1 aromatic heterocycles. The third-order valence-corrected chi connectivity index (χ3v) is 4.39. The summed E-state index contributed by atoms with van der Waals surface area (Å²) in [4.78, 5) is 17.5. The van der Waals surface area contributed by atoms with Gasteiger partial charge in [-0.3, -0.25) is 10.1 Å². The van der Waals surface area contributed by atoms with Crippen molar-refractivity contribution in [3.63, 3.8) is 0 Å². The van der Waals surface area contributed by atoms with Crippen LogP contribution in [-0.4, -0.2) is 10.9 Å². The fourth-order valence-corrected chi connectivity index (χ4v) is 3.09. The van der Waals surface area contributed by atoms with Gasteiger partial charge in [-0.2, -0.15) is 0 Å². The molecule has 3 aromatic rings. The van der Waals surface area contributed by atoms with Crippen molar-refractivity contribution in [1.82, 2.24) is 4.98 Å². The van der Waals surface area contributed by atoms with Crippen LogP contribution in [-0.2, 0) is 0 Å². The van der Waals surface area contributed by atoms with Crippen LogP contribution in [0.25, 0.3) is 11.3 Å². The van der Waals surface area contributed by atoms with E-state index in [2.05, 4.69) is 10.3 Å². The number of halogens is 2. The molecule has 0 aliphatic carbocycles. The number of hydrogen-bond acceptors (Lipinski definition) is 3. The van der Waals surface area contributed by atoms with Crippen molar-refractivity contribution in [2.24, 2.45) is 0 Å². The molecule has 6 heteroatoms. The number of thiazole rings is 1. The molecule has 2 aromatic carbocycles. The monoisotopic (exact) mass is 346 g/mol. The number of benzene rings is 2. The Kier molecular flexibility index (Phi) is 4.41. The lowest BCUT2D eigenvalue weighted by Gasteiger charge is -2.02. The van der Waals surface area contributed by atoms with Crippen molar-refractivity contribution in [3.8, 4) is 11.3 Å². The Morgan fingerprint density at radius 3 is 2.57 bits per heavy atom. The average Bonchev–Trinajstić information content (AvgIpc) is 2.89. The van der Waals surface area contributed by atoms with Crippen LogP contribution in [0.1, 0.15) is 15.2 Å². The predicted molar refractivity (Wildman–Crippen MR) is 91.7 cm³/mol. The second kappa shape index (κ2) is 6.48. The zero-order chi connectivity index (χ0) is 16.4. The van der Waals surface area contributed by atoms with Crippen LogP contribution >= 0.6 is 22.9 Å². The number of aromatic nitrogens is 1. The van der Waals surface area contributed by atoms with Crippen molar-refractivity contribution < 1.29 is 9.18 Å². The highest BCUT2D eigenvalue weighted by molar-refractivity contribution is 7.16. The van der Waals surface area contributed by atoms with E-state index >= 15 is 0 Å². The van der Waals surface area contributed by atoms with Gasteiger partial charge in [-0.1, -0.05) is 35.9 Å². The maximum absolute atomic E-state index is 13.6. The molecule has 0 aliphatic heterocycles. The lowest BCUT2D eigenvalue weighted by molar-refractivity contribution is 0.102. The summed E-state index contributed by atoms with van der Waals surface area (Å²) in [6.45, 7) is 1.92. The number of carbonyl (C=O) groups is 1. The van der Waals surface area contributed by atoms with Crippen LogP contribution in [0.2, 0.25) is 5.02 Å². The van der Waals surface area contributed by atoms with Gasteiger partial charge in [0.15, 0.2) is 5.13 Å². The molecule has 1 heterocycles. The Morgan fingerprint density at radius 1 is 1.17 bits per heavy atom. The number of rotatable bonds is 3. The largest absolute Gasteiger partial charge is 0.298 e. The van der Waals surface area contributed by atoms with Gasteiger partial charge in [0.1, 0.15) is 5.82 Å². The van der Waals surface area contributed by atoms with E-state index in [0.29, 0.717) is 10.2 Å². The summed E-state index contributed by atoms with van der Waals surface area (Å²) in [7, 11) is 0. The Morgan fingerprint density at radius 2 is 1.87 bits per heavy atom. The molecule has 0 atom stereocenters. The summed E-state index contributed by atoms with van der Waals surface area (Å²) in [5, 5.41) is 3.72. The third-order valence-electron chi connectivity index (χ3n) is 3.25. The summed E-state index contributed by atoms with van der Waals surface area (Å²) in [6.07, 6.45) is 0. The van der Waals surface area contributed by atoms with E-state index in [9.17, 15) is 9.18 Å². The van der Waals surface area contributed by atoms with Crippen molar-refractivity contribution in [2.45, 2.75) is 6.92 Å². The summed E-state index contributed by atoms with van der Waals surface area (Å²) in [5.74, 6) is -1.07. The van der Waals surface area contributed by atoms with Crippen LogP contribution in [0, 0.1) is 12.7 Å². The van der Waals surface area contributed by atoms with Gasteiger partial charge < -0.3 is 0 Å². The van der Waals surface area contributed by atoms with E-state index in [1.165, 1.54) is 29.5 Å². The fourth-order valence-electron chi connectivity index (χ4n) is 2.14. The maximum atomic E-state index is 13.6. The van der Waals surface area contributed by atoms with Gasteiger partial charge in [0, 0.05) is 15.5 Å². The van der Waals surface area contributed by atoms with Gasteiger partial charge in [-0.15, -0.1) is 11.3 Å². The van der Waals surface area contributed by atoms with Gasteiger partial charge in [-0.25, -0.2) is 9.37 Å². The molecule has 0 saturated heterocycles. The highest BCUT2D eigenvalue weighted by atomic mass is 35.5. The quantitative estimate of drug-likeness (QED) is 0.711. The lowest BCUT2D eigenvalue weighted by Crippen LogP contribution is -2.13. The molecule has 0 fully saturated rings. The highest BCUT2D eigenvalue weighted by Gasteiger charge is 2.15. The number of carbonyl (C=O) groups excluding carboxylic acids is 1. The first-order valence-electron chi connectivity index (χ1n) is 6.84. The minimum absolute atomic E-state index is 0.00611. The number of nitrogens with zero attached hydrogens (tertiary/aromatic N) is 1. The molecule has 0 aliphatic rings. The summed E-state index contributed by atoms with van der Waals surface area (Å²) in [6, 6.07) is 13.1. The zero-order valence-electron chi connectivity index (χ0n) is 12.1. The number of amides is 1. The smallest absolute Gasteiger partial charge is 0.260 e. The van der Waals surface area contributed by atoms with E-state index in [1.54, 1.807) is 18.2 Å². The molecule has 116 valence electrons. The van der Waals surface area contributed by atoms with Gasteiger partial charge >= 0.3 is 0 Å². The molecular formula is C17H12ClFN2OS. The van der Waals surface area contributed by atoms with Gasteiger partial charge in [0.05, 0.1) is 11.3 Å². The SMILES string of the molecule is Cc1sc(NC(=O)c2ccccc2F)nc1-c1ccc(Cl)cc1. The molecule has 1 amide bonds. The van der Waals surface area contributed by atoms with E-state index in [0.717, 1.165) is 16.1 Å². The van der Waals surface area contributed by atoms with Gasteiger partial charge in [0.25, 0.3) is 5.91 Å². The Balaban J connectivity index is 1.85. The number of anilines is 1. The molecule has 0 unspecified atom stereocenters. The molecule has 1 N–H and O–H groups in total. The summed E-state index contributed by atoms with van der Waals surface area (Å²) < 4.78 is 13.6. The Hall–Kier alpha value is -2.24. The van der Waals surface area contributed by atoms with Crippen LogP contribution in [0.15, 0.2) is 48.5 Å². The van der Waals surface area contributed by atoms with Crippen molar-refractivity contribution in [1.29, 1.82) is 0 Å². The lowest BCUT2D eigenvalue weighted by atomic mass is 10.1. The molecule has 0 saturated carbocycles. The van der Waals surface area contributed by atoms with E-state index < -0.39 is 11.7 Å². The molecule has 3 nitrogen and oxygen atoms in total. The normalized spacial score (nSPS) is 10.6. The Labute approximate surface area is 141 Å². The van der Waals surface area contributed by atoms with Crippen LogP contribution in [0.3, 0.4) is 0 Å². The number of hydrogen-bond donors (Lipinski definition) is 1. The highest BCUT2D eigenvalue weighted by Crippen LogP contribution is 2.31. The minimum Gasteiger partial charge on any atom is -0.298 e. The predicted octanol–water partition coefficient (Wildman–Crippen LogP) is 5.16. The fraction of sp³-hybridized carbons (Fsp3) is 0.0588. The minimum atomic E-state index is -0.559. The Bertz CT molecular complexity index is 861. The van der Waals surface area contributed by atoms with Crippen LogP contribution in [0.5, 0.6) is 0 Å². The first-order valence-corrected chi connectivity index (χ1v) is 8.03. The first-order chi connectivity index (χ1) is 11.0. The molecule has 0 radical (unpaired) electrons. The second-order valence-electron chi connectivity index (χ2n) is 4.86. The van der Waals surface area contributed by atoms with Gasteiger partial charge in [-0.05, 0) is 31.2 Å². The van der Waals surface area contributed by atoms with E-state index in [-0.39, 0.29) is 5.56 Å². The van der Waals surface area contributed by atoms with E-state index in [1.807, 2.05) is 19.1 Å². The van der Waals surface area contributed by atoms with Crippen LogP contribution in [0.4, 0.5) is 9.52 Å². The average molecular weight is 347 g/mol. The van der Waals surface area contributed by atoms with E-state index in [4.69, 9.17) is 11.6 Å². The molecule has 3 rings (SSSR count). The zero-order valence-corrected chi connectivity index (χ0v) is 13.7. The number of nitrogens with one attached hydrogen (secondary N) is 1. The van der Waals surface area contributed by atoms with Crippen LogP contribution < -0.4 is 5.32 Å². The summed E-state index contributed by atoms with van der Waals surface area (Å²) >= 11 is 7.23. The molecular weight excluding hydrogens is 335 g/mol. The number of aryl methyl sites for hydroxylation is 1. The van der Waals surface area contributed by atoms with Crippen molar-refractivity contribution in [3.05, 3.63) is 69.8 Å². The standard InChI is InChI=1S/C17H12ClFN2OS/c1-10-15(11-6-8-12(18)9-7-11)20-17(23-10)21-16(22)13-4-2-3-5-14(13)19/h2-9H,1H3,(H,20,21,22). The molecule has 0 bridgehead atoms. The van der Waals surface area contributed by atoms with Crippen molar-refractivity contribution in [2.75, 3.05) is 5.32 Å². The van der Waals surface area contributed by atoms with Crippen molar-refractivity contribution >= 4 is 34.0 Å².